The third kappa shape index (κ3) is 5.55. The number of rotatable bonds is 5. The maximum Gasteiger partial charge on any atom is 0.410 e. The number of hydrogen-bond donors (Lipinski definition) is 0. The Bertz CT molecular complexity index is 708. The number of aromatic nitrogens is 1. The van der Waals surface area contributed by atoms with E-state index in [1.807, 2.05) is 45.6 Å². The van der Waals surface area contributed by atoms with Crippen LogP contribution in [0.1, 0.15) is 72.0 Å². The quantitative estimate of drug-likeness (QED) is 0.655. The van der Waals surface area contributed by atoms with Gasteiger partial charge in [-0.3, -0.25) is 0 Å². The molecule has 0 bridgehead atoms. The fraction of sp³-hybridized carbons (Fsp3) is 0.783. The number of carbonyl (C=O) groups excluding carboxylic acids is 2. The van der Waals surface area contributed by atoms with Crippen molar-refractivity contribution in [2.24, 2.45) is 17.8 Å². The van der Waals surface area contributed by atoms with Crippen molar-refractivity contribution in [2.75, 3.05) is 31.1 Å². The highest BCUT2D eigenvalue weighted by Crippen LogP contribution is 2.35. The summed E-state index contributed by atoms with van der Waals surface area (Å²) in [7, 11) is 0. The van der Waals surface area contributed by atoms with Crippen LogP contribution in [-0.4, -0.2) is 54.2 Å². The standard InChI is InChI=1S/C23H37N3O4/c1-16(2)19(15-27)20-14-21(24-30-20)25-10-6-17(7-11-25)18-8-12-26(13-9-18)22(28)29-23(3,4)5/h14-19H,6-13H2,1-5H3. The van der Waals surface area contributed by atoms with E-state index in [4.69, 9.17) is 9.26 Å². The van der Waals surface area contributed by atoms with Crippen molar-refractivity contribution in [1.82, 2.24) is 10.1 Å². The van der Waals surface area contributed by atoms with E-state index in [0.29, 0.717) is 17.6 Å². The first-order chi connectivity index (χ1) is 14.2. The van der Waals surface area contributed by atoms with Crippen LogP contribution in [0.4, 0.5) is 10.6 Å². The molecule has 1 amide bonds. The fourth-order valence-corrected chi connectivity index (χ4v) is 4.62. The van der Waals surface area contributed by atoms with Crippen LogP contribution in [0.25, 0.3) is 0 Å². The summed E-state index contributed by atoms with van der Waals surface area (Å²) in [5, 5.41) is 4.22. The minimum absolute atomic E-state index is 0.187. The lowest BCUT2D eigenvalue weighted by molar-refractivity contribution is -0.110. The Kier molecular flexibility index (Phi) is 7.09. The number of anilines is 1. The highest BCUT2D eigenvalue weighted by molar-refractivity contribution is 5.68. The van der Waals surface area contributed by atoms with Gasteiger partial charge in [-0.2, -0.15) is 0 Å². The summed E-state index contributed by atoms with van der Waals surface area (Å²) < 4.78 is 11.0. The monoisotopic (exact) mass is 419 g/mol. The Morgan fingerprint density at radius 3 is 2.20 bits per heavy atom. The van der Waals surface area contributed by atoms with Crippen LogP contribution in [0, 0.1) is 17.8 Å². The Labute approximate surface area is 180 Å². The maximum absolute atomic E-state index is 12.3. The number of aldehydes is 1. The second-order valence-electron chi connectivity index (χ2n) is 10.1. The van der Waals surface area contributed by atoms with Crippen LogP contribution in [0.2, 0.25) is 0 Å². The molecular weight excluding hydrogens is 382 g/mol. The van der Waals surface area contributed by atoms with E-state index in [2.05, 4.69) is 10.1 Å². The molecule has 3 rings (SSSR count). The molecule has 1 aromatic rings. The number of likely N-dealkylation sites (tertiary alicyclic amines) is 1. The van der Waals surface area contributed by atoms with Gasteiger partial charge in [0.1, 0.15) is 17.6 Å². The first kappa shape index (κ1) is 22.6. The summed E-state index contributed by atoms with van der Waals surface area (Å²) in [6, 6.07) is 1.93. The Hall–Kier alpha value is -2.05. The Balaban J connectivity index is 1.47. The molecule has 0 radical (unpaired) electrons. The van der Waals surface area contributed by atoms with Crippen molar-refractivity contribution >= 4 is 18.2 Å². The van der Waals surface area contributed by atoms with Crippen molar-refractivity contribution in [3.63, 3.8) is 0 Å². The topological polar surface area (TPSA) is 75.9 Å². The second kappa shape index (κ2) is 9.40. The first-order valence-corrected chi connectivity index (χ1v) is 11.3. The lowest BCUT2D eigenvalue weighted by atomic mass is 9.79. The predicted octanol–water partition coefficient (Wildman–Crippen LogP) is 4.48. The summed E-state index contributed by atoms with van der Waals surface area (Å²) in [6.07, 6.45) is 5.11. The van der Waals surface area contributed by atoms with Gasteiger partial charge in [0, 0.05) is 32.2 Å². The average Bonchev–Trinajstić information content (AvgIpc) is 3.17. The van der Waals surface area contributed by atoms with Crippen LogP contribution in [0.5, 0.6) is 0 Å². The van der Waals surface area contributed by atoms with Crippen LogP contribution in [0.15, 0.2) is 10.6 Å². The van der Waals surface area contributed by atoms with Gasteiger partial charge in [-0.25, -0.2) is 4.79 Å². The highest BCUT2D eigenvalue weighted by Gasteiger charge is 2.33. The van der Waals surface area contributed by atoms with Gasteiger partial charge in [0.15, 0.2) is 5.82 Å². The summed E-state index contributed by atoms with van der Waals surface area (Å²) in [4.78, 5) is 27.7. The molecule has 0 saturated carbocycles. The smallest absolute Gasteiger partial charge is 0.410 e. The molecule has 2 aliphatic rings. The zero-order chi connectivity index (χ0) is 21.9. The summed E-state index contributed by atoms with van der Waals surface area (Å²) in [6.45, 7) is 13.2. The zero-order valence-electron chi connectivity index (χ0n) is 19.1. The van der Waals surface area contributed by atoms with E-state index in [9.17, 15) is 9.59 Å². The molecule has 7 nitrogen and oxygen atoms in total. The van der Waals surface area contributed by atoms with E-state index in [0.717, 1.165) is 64.0 Å². The minimum Gasteiger partial charge on any atom is -0.444 e. The number of amides is 1. The van der Waals surface area contributed by atoms with E-state index in [1.165, 1.54) is 0 Å². The molecular formula is C23H37N3O4. The van der Waals surface area contributed by atoms with Gasteiger partial charge < -0.3 is 23.9 Å². The molecule has 0 aliphatic carbocycles. The number of piperidine rings is 2. The summed E-state index contributed by atoms with van der Waals surface area (Å²) in [5.41, 5.74) is -0.442. The van der Waals surface area contributed by atoms with Crippen LogP contribution < -0.4 is 4.90 Å². The zero-order valence-corrected chi connectivity index (χ0v) is 19.1. The van der Waals surface area contributed by atoms with Gasteiger partial charge in [-0.05, 0) is 64.2 Å². The second-order valence-corrected chi connectivity index (χ2v) is 10.1. The number of hydrogen-bond acceptors (Lipinski definition) is 6. The molecule has 1 aromatic heterocycles. The van der Waals surface area contributed by atoms with Crippen LogP contribution in [-0.2, 0) is 9.53 Å². The van der Waals surface area contributed by atoms with E-state index < -0.39 is 5.60 Å². The van der Waals surface area contributed by atoms with E-state index in [1.54, 1.807) is 0 Å². The van der Waals surface area contributed by atoms with Crippen molar-refractivity contribution < 1.29 is 18.8 Å². The maximum atomic E-state index is 12.3. The molecule has 2 fully saturated rings. The van der Waals surface area contributed by atoms with Gasteiger partial charge in [-0.1, -0.05) is 19.0 Å². The molecule has 1 atom stereocenters. The molecule has 0 aromatic carbocycles. The number of ether oxygens (including phenoxy) is 1. The highest BCUT2D eigenvalue weighted by atomic mass is 16.6. The van der Waals surface area contributed by atoms with Crippen molar-refractivity contribution in [3.05, 3.63) is 11.8 Å². The van der Waals surface area contributed by atoms with Crippen molar-refractivity contribution in [1.29, 1.82) is 0 Å². The molecule has 168 valence electrons. The normalized spacial score (nSPS) is 20.5. The van der Waals surface area contributed by atoms with Crippen molar-refractivity contribution in [3.8, 4) is 0 Å². The first-order valence-electron chi connectivity index (χ1n) is 11.3. The molecule has 2 aliphatic heterocycles. The Morgan fingerprint density at radius 2 is 1.70 bits per heavy atom. The molecule has 30 heavy (non-hydrogen) atoms. The molecule has 0 spiro atoms. The van der Waals surface area contributed by atoms with Gasteiger partial charge in [0.25, 0.3) is 0 Å². The van der Waals surface area contributed by atoms with Gasteiger partial charge >= 0.3 is 6.09 Å². The lowest BCUT2D eigenvalue weighted by Crippen LogP contribution is -2.44. The summed E-state index contributed by atoms with van der Waals surface area (Å²) >= 11 is 0. The van der Waals surface area contributed by atoms with Crippen LogP contribution >= 0.6 is 0 Å². The SMILES string of the molecule is CC(C)C(C=O)c1cc(N2CCC(C3CCN(C(=O)OC(C)(C)C)CC3)CC2)no1. The molecule has 3 heterocycles. The van der Waals surface area contributed by atoms with Crippen LogP contribution in [0.3, 0.4) is 0 Å². The van der Waals surface area contributed by atoms with Gasteiger partial charge in [0.2, 0.25) is 0 Å². The molecule has 1 unspecified atom stereocenters. The third-order valence-corrected chi connectivity index (χ3v) is 6.43. The molecule has 7 heteroatoms. The van der Waals surface area contributed by atoms with Gasteiger partial charge in [0.05, 0.1) is 5.92 Å². The van der Waals surface area contributed by atoms with Crippen molar-refractivity contribution in [2.45, 2.75) is 71.8 Å². The number of nitrogens with zero attached hydrogens (tertiary/aromatic N) is 3. The largest absolute Gasteiger partial charge is 0.444 e. The Morgan fingerprint density at radius 1 is 1.13 bits per heavy atom. The molecule has 0 N–H and O–H groups in total. The van der Waals surface area contributed by atoms with Gasteiger partial charge in [-0.15, -0.1) is 0 Å². The number of carbonyl (C=O) groups is 2. The summed E-state index contributed by atoms with van der Waals surface area (Å²) in [5.74, 6) is 2.81. The lowest BCUT2D eigenvalue weighted by Gasteiger charge is -2.40. The van der Waals surface area contributed by atoms with E-state index in [-0.39, 0.29) is 17.9 Å². The third-order valence-electron chi connectivity index (χ3n) is 6.43. The average molecular weight is 420 g/mol. The molecule has 2 saturated heterocycles. The predicted molar refractivity (Wildman–Crippen MR) is 116 cm³/mol. The fourth-order valence-electron chi connectivity index (χ4n) is 4.62. The van der Waals surface area contributed by atoms with E-state index >= 15 is 0 Å². The minimum atomic E-state index is -0.442.